The maximum atomic E-state index is 5.97. The summed E-state index contributed by atoms with van der Waals surface area (Å²) in [6.45, 7) is 7.47. The fourth-order valence-corrected chi connectivity index (χ4v) is 2.22. The van der Waals surface area contributed by atoms with Gasteiger partial charge in [0.15, 0.2) is 0 Å². The standard InChI is InChI=1S/C14H20ClN3/c1-3-5-8-18(4-2)10-14-16-12-7-6-11(15)9-13(12)17-14/h6-7,9H,3-5,8,10H2,1-2H3,(H,16,17). The molecule has 0 aliphatic rings. The molecule has 4 heteroatoms. The number of nitrogens with one attached hydrogen (secondary N) is 1. The van der Waals surface area contributed by atoms with Crippen LogP contribution in [0.2, 0.25) is 5.02 Å². The van der Waals surface area contributed by atoms with Gasteiger partial charge in [0.1, 0.15) is 5.82 Å². The smallest absolute Gasteiger partial charge is 0.121 e. The van der Waals surface area contributed by atoms with Crippen molar-refractivity contribution >= 4 is 22.6 Å². The van der Waals surface area contributed by atoms with E-state index in [9.17, 15) is 0 Å². The van der Waals surface area contributed by atoms with Crippen LogP contribution in [0.3, 0.4) is 0 Å². The van der Waals surface area contributed by atoms with Crippen LogP contribution in [-0.4, -0.2) is 28.0 Å². The van der Waals surface area contributed by atoms with Crippen LogP contribution in [0, 0.1) is 0 Å². The van der Waals surface area contributed by atoms with Crippen LogP contribution in [0.15, 0.2) is 18.2 Å². The molecule has 0 atom stereocenters. The lowest BCUT2D eigenvalue weighted by Crippen LogP contribution is -2.24. The Morgan fingerprint density at radius 1 is 1.33 bits per heavy atom. The molecule has 98 valence electrons. The van der Waals surface area contributed by atoms with Gasteiger partial charge >= 0.3 is 0 Å². The Morgan fingerprint density at radius 3 is 2.89 bits per heavy atom. The Labute approximate surface area is 113 Å². The third-order valence-electron chi connectivity index (χ3n) is 3.14. The number of hydrogen-bond donors (Lipinski definition) is 1. The molecule has 0 bridgehead atoms. The first-order valence-electron chi connectivity index (χ1n) is 6.59. The average Bonchev–Trinajstić information content (AvgIpc) is 2.75. The third kappa shape index (κ3) is 3.24. The van der Waals surface area contributed by atoms with Gasteiger partial charge in [-0.2, -0.15) is 0 Å². The summed E-state index contributed by atoms with van der Waals surface area (Å²) in [5.74, 6) is 1.02. The zero-order valence-electron chi connectivity index (χ0n) is 11.0. The first-order chi connectivity index (χ1) is 8.72. The maximum Gasteiger partial charge on any atom is 0.121 e. The number of halogens is 1. The van der Waals surface area contributed by atoms with Gasteiger partial charge in [0.05, 0.1) is 17.6 Å². The lowest BCUT2D eigenvalue weighted by Gasteiger charge is -2.18. The van der Waals surface area contributed by atoms with Crippen LogP contribution < -0.4 is 0 Å². The lowest BCUT2D eigenvalue weighted by atomic mass is 10.3. The molecular weight excluding hydrogens is 246 g/mol. The fourth-order valence-electron chi connectivity index (χ4n) is 2.05. The fraction of sp³-hybridized carbons (Fsp3) is 0.500. The molecule has 1 N–H and O–H groups in total. The van der Waals surface area contributed by atoms with E-state index in [1.54, 1.807) is 0 Å². The van der Waals surface area contributed by atoms with Gasteiger partial charge in [0.2, 0.25) is 0 Å². The lowest BCUT2D eigenvalue weighted by molar-refractivity contribution is 0.269. The highest BCUT2D eigenvalue weighted by atomic mass is 35.5. The predicted molar refractivity (Wildman–Crippen MR) is 77.0 cm³/mol. The molecule has 2 aromatic rings. The van der Waals surface area contributed by atoms with E-state index in [-0.39, 0.29) is 0 Å². The second-order valence-electron chi connectivity index (χ2n) is 4.57. The number of rotatable bonds is 6. The molecule has 0 spiro atoms. The van der Waals surface area contributed by atoms with Crippen molar-refractivity contribution in [2.24, 2.45) is 0 Å². The molecule has 0 aliphatic heterocycles. The molecule has 0 saturated heterocycles. The summed E-state index contributed by atoms with van der Waals surface area (Å²) in [6.07, 6.45) is 2.46. The SMILES string of the molecule is CCCCN(CC)Cc1nc2ccc(Cl)cc2[nH]1. The van der Waals surface area contributed by atoms with E-state index in [2.05, 4.69) is 28.7 Å². The average molecular weight is 266 g/mol. The molecule has 1 aromatic carbocycles. The molecule has 0 saturated carbocycles. The minimum absolute atomic E-state index is 0.746. The van der Waals surface area contributed by atoms with Gasteiger partial charge < -0.3 is 4.98 Å². The van der Waals surface area contributed by atoms with E-state index in [0.717, 1.165) is 41.5 Å². The van der Waals surface area contributed by atoms with Gasteiger partial charge in [-0.3, -0.25) is 4.90 Å². The predicted octanol–water partition coefficient (Wildman–Crippen LogP) is 3.84. The van der Waals surface area contributed by atoms with Crippen LogP contribution in [0.25, 0.3) is 11.0 Å². The highest BCUT2D eigenvalue weighted by Crippen LogP contribution is 2.17. The molecule has 0 aliphatic carbocycles. The van der Waals surface area contributed by atoms with Crippen LogP contribution in [0.1, 0.15) is 32.5 Å². The van der Waals surface area contributed by atoms with E-state index in [4.69, 9.17) is 11.6 Å². The van der Waals surface area contributed by atoms with E-state index in [1.165, 1.54) is 12.8 Å². The molecule has 0 radical (unpaired) electrons. The van der Waals surface area contributed by atoms with E-state index >= 15 is 0 Å². The van der Waals surface area contributed by atoms with Gasteiger partial charge in [-0.05, 0) is 37.7 Å². The summed E-state index contributed by atoms with van der Waals surface area (Å²) in [5, 5.41) is 0.746. The van der Waals surface area contributed by atoms with Gasteiger partial charge in [0, 0.05) is 5.02 Å². The van der Waals surface area contributed by atoms with Crippen molar-refractivity contribution in [1.82, 2.24) is 14.9 Å². The van der Waals surface area contributed by atoms with Gasteiger partial charge in [0.25, 0.3) is 0 Å². The summed E-state index contributed by atoms with van der Waals surface area (Å²) >= 11 is 5.97. The molecule has 0 unspecified atom stereocenters. The molecular formula is C14H20ClN3. The zero-order valence-corrected chi connectivity index (χ0v) is 11.8. The Kier molecular flexibility index (Phi) is 4.61. The molecule has 1 heterocycles. The third-order valence-corrected chi connectivity index (χ3v) is 3.38. The quantitative estimate of drug-likeness (QED) is 0.861. The topological polar surface area (TPSA) is 31.9 Å². The minimum atomic E-state index is 0.746. The van der Waals surface area contributed by atoms with E-state index in [0.29, 0.717) is 0 Å². The summed E-state index contributed by atoms with van der Waals surface area (Å²) in [7, 11) is 0. The van der Waals surface area contributed by atoms with Crippen molar-refractivity contribution in [3.8, 4) is 0 Å². The Hall–Kier alpha value is -1.06. The molecule has 1 aromatic heterocycles. The van der Waals surface area contributed by atoms with Crippen LogP contribution in [-0.2, 0) is 6.54 Å². The number of unbranched alkanes of at least 4 members (excludes halogenated alkanes) is 1. The number of nitrogens with zero attached hydrogens (tertiary/aromatic N) is 2. The van der Waals surface area contributed by atoms with Gasteiger partial charge in [-0.15, -0.1) is 0 Å². The zero-order chi connectivity index (χ0) is 13.0. The molecule has 2 rings (SSSR count). The number of H-pyrrole nitrogens is 1. The summed E-state index contributed by atoms with van der Waals surface area (Å²) in [6, 6.07) is 5.76. The number of aromatic nitrogens is 2. The van der Waals surface area contributed by atoms with Crippen molar-refractivity contribution in [2.45, 2.75) is 33.2 Å². The summed E-state index contributed by atoms with van der Waals surface area (Å²) < 4.78 is 0. The monoisotopic (exact) mass is 265 g/mol. The van der Waals surface area contributed by atoms with Crippen molar-refractivity contribution in [3.05, 3.63) is 29.0 Å². The van der Waals surface area contributed by atoms with Crippen LogP contribution in [0.5, 0.6) is 0 Å². The Balaban J connectivity index is 2.10. The largest absolute Gasteiger partial charge is 0.341 e. The van der Waals surface area contributed by atoms with Crippen LogP contribution >= 0.6 is 11.6 Å². The van der Waals surface area contributed by atoms with Crippen molar-refractivity contribution < 1.29 is 0 Å². The molecule has 0 fully saturated rings. The van der Waals surface area contributed by atoms with Crippen molar-refractivity contribution in [3.63, 3.8) is 0 Å². The second-order valence-corrected chi connectivity index (χ2v) is 5.00. The number of benzene rings is 1. The minimum Gasteiger partial charge on any atom is -0.341 e. The molecule has 3 nitrogen and oxygen atoms in total. The van der Waals surface area contributed by atoms with Crippen molar-refractivity contribution in [1.29, 1.82) is 0 Å². The first kappa shape index (κ1) is 13.4. The first-order valence-corrected chi connectivity index (χ1v) is 6.97. The van der Waals surface area contributed by atoms with Gasteiger partial charge in [-0.25, -0.2) is 4.98 Å². The second kappa shape index (κ2) is 6.21. The van der Waals surface area contributed by atoms with Crippen molar-refractivity contribution in [2.75, 3.05) is 13.1 Å². The van der Waals surface area contributed by atoms with Gasteiger partial charge in [-0.1, -0.05) is 31.9 Å². The Morgan fingerprint density at radius 2 is 2.17 bits per heavy atom. The number of imidazole rings is 1. The number of hydrogen-bond acceptors (Lipinski definition) is 2. The van der Waals surface area contributed by atoms with E-state index in [1.807, 2.05) is 18.2 Å². The highest BCUT2D eigenvalue weighted by molar-refractivity contribution is 6.31. The highest BCUT2D eigenvalue weighted by Gasteiger charge is 2.07. The number of aromatic amines is 1. The summed E-state index contributed by atoms with van der Waals surface area (Å²) in [5.41, 5.74) is 2.00. The molecule has 18 heavy (non-hydrogen) atoms. The Bertz CT molecular complexity index is 507. The van der Waals surface area contributed by atoms with Crippen LogP contribution in [0.4, 0.5) is 0 Å². The van der Waals surface area contributed by atoms with E-state index < -0.39 is 0 Å². The summed E-state index contributed by atoms with van der Waals surface area (Å²) in [4.78, 5) is 10.3. The number of fused-ring (bicyclic) bond motifs is 1. The normalized spacial score (nSPS) is 11.6. The molecule has 0 amide bonds. The maximum absolute atomic E-state index is 5.97.